The summed E-state index contributed by atoms with van der Waals surface area (Å²) < 4.78 is 5.61. The number of rotatable bonds is 2. The van der Waals surface area contributed by atoms with Crippen molar-refractivity contribution in [1.29, 1.82) is 0 Å². The van der Waals surface area contributed by atoms with Crippen LogP contribution < -0.4 is 0 Å². The van der Waals surface area contributed by atoms with Crippen molar-refractivity contribution in [3.63, 3.8) is 0 Å². The van der Waals surface area contributed by atoms with Crippen molar-refractivity contribution in [2.75, 3.05) is 7.11 Å². The van der Waals surface area contributed by atoms with Crippen LogP contribution in [0.5, 0.6) is 0 Å². The fraction of sp³-hybridized carbons (Fsp3) is 0.800. The van der Waals surface area contributed by atoms with Gasteiger partial charge in [-0.1, -0.05) is 27.4 Å². The molecule has 2 aliphatic rings. The van der Waals surface area contributed by atoms with Gasteiger partial charge in [0.15, 0.2) is 0 Å². The van der Waals surface area contributed by atoms with E-state index in [2.05, 4.69) is 27.4 Å². The quantitative estimate of drug-likeness (QED) is 0.609. The summed E-state index contributed by atoms with van der Waals surface area (Å²) in [6, 6.07) is 0. The van der Waals surface area contributed by atoms with Crippen LogP contribution in [-0.2, 0) is 9.53 Å². The minimum atomic E-state index is -0.227. The van der Waals surface area contributed by atoms with Crippen molar-refractivity contribution in [1.82, 2.24) is 0 Å². The fourth-order valence-corrected chi connectivity index (χ4v) is 3.54. The van der Waals surface area contributed by atoms with Gasteiger partial charge in [-0.15, -0.1) is 0 Å². The van der Waals surface area contributed by atoms with E-state index in [1.165, 1.54) is 12.8 Å². The highest BCUT2D eigenvalue weighted by Gasteiger charge is 2.62. The summed E-state index contributed by atoms with van der Waals surface area (Å²) >= 11 is 0. The fourth-order valence-electron chi connectivity index (χ4n) is 3.54. The molecule has 2 bridgehead atoms. The molecule has 0 aromatic carbocycles. The van der Waals surface area contributed by atoms with E-state index in [1.54, 1.807) is 6.92 Å². The zero-order valence-corrected chi connectivity index (χ0v) is 12.2. The zero-order chi connectivity index (χ0) is 14.1. The van der Waals surface area contributed by atoms with Crippen LogP contribution in [0, 0.1) is 16.7 Å². The van der Waals surface area contributed by atoms with Crippen molar-refractivity contribution in [2.24, 2.45) is 16.7 Å². The average Bonchev–Trinajstić information content (AvgIpc) is 2.64. The monoisotopic (exact) mass is 254 g/mol. The lowest BCUT2D eigenvalue weighted by molar-refractivity contribution is -0.151. The Morgan fingerprint density at radius 1 is 1.33 bits per heavy atom. The standard InChI is InChI=1S/C14H22O2.CH4O/c1-9(2)12(15)16-11-8-10-6-7-14(11,5)13(10,3)4;1-2/h10-11H,1,6-8H2,2-5H3;2H,1H3/t10-,11?,14-;/m1./s1. The van der Waals surface area contributed by atoms with Crippen molar-refractivity contribution >= 4 is 5.97 Å². The van der Waals surface area contributed by atoms with E-state index in [4.69, 9.17) is 9.84 Å². The molecule has 2 saturated carbocycles. The number of hydrogen-bond acceptors (Lipinski definition) is 3. The second-order valence-corrected chi connectivity index (χ2v) is 6.28. The molecule has 0 aliphatic heterocycles. The van der Waals surface area contributed by atoms with Gasteiger partial charge in [-0.05, 0) is 37.5 Å². The van der Waals surface area contributed by atoms with E-state index >= 15 is 0 Å². The lowest BCUT2D eigenvalue weighted by Crippen LogP contribution is -2.38. The predicted molar refractivity (Wildman–Crippen MR) is 72.1 cm³/mol. The molecule has 1 unspecified atom stereocenters. The number of aliphatic hydroxyl groups excluding tert-OH is 1. The van der Waals surface area contributed by atoms with Crippen molar-refractivity contribution in [3.05, 3.63) is 12.2 Å². The van der Waals surface area contributed by atoms with Gasteiger partial charge in [-0.25, -0.2) is 4.79 Å². The summed E-state index contributed by atoms with van der Waals surface area (Å²) in [6.45, 7) is 12.3. The van der Waals surface area contributed by atoms with Crippen molar-refractivity contribution < 1.29 is 14.6 Å². The number of carbonyl (C=O) groups excluding carboxylic acids is 1. The van der Waals surface area contributed by atoms with Gasteiger partial charge in [0.1, 0.15) is 6.10 Å². The number of fused-ring (bicyclic) bond motifs is 2. The lowest BCUT2D eigenvalue weighted by Gasteiger charge is -2.38. The summed E-state index contributed by atoms with van der Waals surface area (Å²) in [4.78, 5) is 11.6. The molecule has 2 fully saturated rings. The highest BCUT2D eigenvalue weighted by molar-refractivity contribution is 5.87. The lowest BCUT2D eigenvalue weighted by atomic mass is 9.70. The third-order valence-electron chi connectivity index (χ3n) is 5.31. The van der Waals surface area contributed by atoms with Crippen molar-refractivity contribution in [3.8, 4) is 0 Å². The Bertz CT molecular complexity index is 346. The van der Waals surface area contributed by atoms with E-state index in [-0.39, 0.29) is 17.5 Å². The predicted octanol–water partition coefficient (Wildman–Crippen LogP) is 2.93. The normalized spacial score (nSPS) is 35.7. The second-order valence-electron chi connectivity index (χ2n) is 6.28. The number of ether oxygens (including phenoxy) is 1. The third-order valence-corrected chi connectivity index (χ3v) is 5.31. The highest BCUT2D eigenvalue weighted by Crippen LogP contribution is 2.66. The molecule has 0 heterocycles. The van der Waals surface area contributed by atoms with Gasteiger partial charge in [0.05, 0.1) is 0 Å². The van der Waals surface area contributed by atoms with Gasteiger partial charge < -0.3 is 9.84 Å². The van der Waals surface area contributed by atoms with Crippen LogP contribution in [0.3, 0.4) is 0 Å². The molecule has 3 nitrogen and oxygen atoms in total. The zero-order valence-electron chi connectivity index (χ0n) is 12.2. The van der Waals surface area contributed by atoms with E-state index < -0.39 is 0 Å². The molecule has 2 rings (SSSR count). The molecule has 0 saturated heterocycles. The summed E-state index contributed by atoms with van der Waals surface area (Å²) in [6.07, 6.45) is 3.58. The first-order valence-corrected chi connectivity index (χ1v) is 6.60. The Morgan fingerprint density at radius 3 is 2.22 bits per heavy atom. The van der Waals surface area contributed by atoms with E-state index in [0.29, 0.717) is 16.9 Å². The van der Waals surface area contributed by atoms with E-state index in [1.807, 2.05) is 0 Å². The molecular weight excluding hydrogens is 228 g/mol. The average molecular weight is 254 g/mol. The topological polar surface area (TPSA) is 46.5 Å². The molecule has 3 heteroatoms. The van der Waals surface area contributed by atoms with Crippen LogP contribution in [0.2, 0.25) is 0 Å². The molecule has 2 aliphatic carbocycles. The number of hydrogen-bond donors (Lipinski definition) is 1. The van der Waals surface area contributed by atoms with Gasteiger partial charge in [0.25, 0.3) is 0 Å². The molecule has 1 N–H and O–H groups in total. The summed E-state index contributed by atoms with van der Waals surface area (Å²) in [5.41, 5.74) is 0.958. The van der Waals surface area contributed by atoms with Crippen LogP contribution in [0.1, 0.15) is 47.0 Å². The summed E-state index contributed by atoms with van der Waals surface area (Å²) in [7, 11) is 1.00. The maximum Gasteiger partial charge on any atom is 0.333 e. The van der Waals surface area contributed by atoms with Gasteiger partial charge in [0.2, 0.25) is 0 Å². The first kappa shape index (κ1) is 15.2. The molecule has 3 atom stereocenters. The molecular formula is C15H26O3. The van der Waals surface area contributed by atoms with Crippen LogP contribution in [0.15, 0.2) is 12.2 Å². The Labute approximate surface area is 110 Å². The van der Waals surface area contributed by atoms with Crippen LogP contribution in [-0.4, -0.2) is 24.3 Å². The maximum atomic E-state index is 11.6. The molecule has 0 amide bonds. The van der Waals surface area contributed by atoms with Gasteiger partial charge in [-0.2, -0.15) is 0 Å². The van der Waals surface area contributed by atoms with Crippen molar-refractivity contribution in [2.45, 2.75) is 53.1 Å². The Morgan fingerprint density at radius 2 is 1.89 bits per heavy atom. The SMILES string of the molecule is C=C(C)C(=O)OC1C[C@H]2CC[C@@]1(C)C2(C)C.CO. The molecule has 18 heavy (non-hydrogen) atoms. The van der Waals surface area contributed by atoms with Crippen LogP contribution in [0.25, 0.3) is 0 Å². The summed E-state index contributed by atoms with van der Waals surface area (Å²) in [5.74, 6) is 0.481. The number of esters is 1. The minimum Gasteiger partial charge on any atom is -0.458 e. The smallest absolute Gasteiger partial charge is 0.333 e. The second kappa shape index (κ2) is 5.04. The first-order chi connectivity index (χ1) is 8.29. The summed E-state index contributed by atoms with van der Waals surface area (Å²) in [5, 5.41) is 7.00. The molecule has 0 spiro atoms. The van der Waals surface area contributed by atoms with Crippen LogP contribution >= 0.6 is 0 Å². The highest BCUT2D eigenvalue weighted by atomic mass is 16.5. The Balaban J connectivity index is 0.000000771. The molecule has 0 aromatic rings. The Kier molecular flexibility index (Phi) is 4.26. The number of carbonyl (C=O) groups is 1. The third kappa shape index (κ3) is 2.09. The van der Waals surface area contributed by atoms with Gasteiger partial charge in [0, 0.05) is 18.1 Å². The maximum absolute atomic E-state index is 11.6. The molecule has 0 aromatic heterocycles. The minimum absolute atomic E-state index is 0.0884. The Hall–Kier alpha value is -0.830. The number of aliphatic hydroxyl groups is 1. The van der Waals surface area contributed by atoms with E-state index in [9.17, 15) is 4.79 Å². The molecule has 0 radical (unpaired) electrons. The first-order valence-electron chi connectivity index (χ1n) is 6.60. The van der Waals surface area contributed by atoms with Gasteiger partial charge in [-0.3, -0.25) is 0 Å². The van der Waals surface area contributed by atoms with Gasteiger partial charge >= 0.3 is 5.97 Å². The molecule has 104 valence electrons. The largest absolute Gasteiger partial charge is 0.458 e. The van der Waals surface area contributed by atoms with E-state index in [0.717, 1.165) is 13.5 Å². The van der Waals surface area contributed by atoms with Crippen LogP contribution in [0.4, 0.5) is 0 Å².